The summed E-state index contributed by atoms with van der Waals surface area (Å²) >= 11 is 0. The van der Waals surface area contributed by atoms with Gasteiger partial charge < -0.3 is 19.5 Å². The van der Waals surface area contributed by atoms with E-state index in [4.69, 9.17) is 4.74 Å². The number of carbonyl (C=O) groups excluding carboxylic acids is 2. The van der Waals surface area contributed by atoms with Gasteiger partial charge in [-0.3, -0.25) is 9.59 Å². The number of hydrogen-bond donors (Lipinski definition) is 1. The van der Waals surface area contributed by atoms with Gasteiger partial charge in [-0.1, -0.05) is 0 Å². The van der Waals surface area contributed by atoms with Crippen LogP contribution < -0.4 is 10.1 Å². The van der Waals surface area contributed by atoms with Crippen LogP contribution >= 0.6 is 0 Å². The maximum atomic E-state index is 13.1. The molecule has 2 aromatic rings. The quantitative estimate of drug-likeness (QED) is 0.839. The van der Waals surface area contributed by atoms with Crippen molar-refractivity contribution in [3.05, 3.63) is 41.5 Å². The number of nitrogens with one attached hydrogen (secondary N) is 1. The summed E-state index contributed by atoms with van der Waals surface area (Å²) in [6.45, 7) is 4.80. The van der Waals surface area contributed by atoms with Crippen molar-refractivity contribution in [2.75, 3.05) is 25.0 Å². The van der Waals surface area contributed by atoms with E-state index in [1.807, 2.05) is 40.7 Å². The third-order valence-corrected chi connectivity index (χ3v) is 5.59. The van der Waals surface area contributed by atoms with E-state index in [1.54, 1.807) is 0 Å². The number of piperidine rings is 1. The van der Waals surface area contributed by atoms with Gasteiger partial charge in [-0.25, -0.2) is 4.98 Å². The first-order chi connectivity index (χ1) is 14.2. The molecule has 1 saturated heterocycles. The fourth-order valence-electron chi connectivity index (χ4n) is 4.12. The second-order valence-corrected chi connectivity index (χ2v) is 7.60. The Hall–Kier alpha value is -2.83. The number of aromatic nitrogens is 2. The number of fused-ring (bicyclic) bond motifs is 1. The van der Waals surface area contributed by atoms with E-state index in [2.05, 4.69) is 10.3 Å². The molecule has 154 valence electrons. The van der Waals surface area contributed by atoms with Crippen molar-refractivity contribution in [2.24, 2.45) is 0 Å². The lowest BCUT2D eigenvalue weighted by molar-refractivity contribution is 0.0717. The number of nitrogens with zero attached hydrogens (tertiary/aromatic N) is 3. The summed E-state index contributed by atoms with van der Waals surface area (Å²) in [5, 5.41) is 2.91. The first-order valence-electron chi connectivity index (χ1n) is 10.6. The van der Waals surface area contributed by atoms with Crippen LogP contribution in [0.3, 0.4) is 0 Å². The van der Waals surface area contributed by atoms with Crippen LogP contribution in [0.4, 0.5) is 5.69 Å². The van der Waals surface area contributed by atoms with Gasteiger partial charge in [0.15, 0.2) is 5.82 Å². The summed E-state index contributed by atoms with van der Waals surface area (Å²) in [7, 11) is 0. The molecule has 2 aliphatic rings. The second kappa shape index (κ2) is 8.68. The Morgan fingerprint density at radius 2 is 1.76 bits per heavy atom. The monoisotopic (exact) mass is 396 g/mol. The molecule has 1 fully saturated rings. The molecule has 2 amide bonds. The maximum Gasteiger partial charge on any atom is 0.291 e. The Morgan fingerprint density at radius 3 is 2.48 bits per heavy atom. The van der Waals surface area contributed by atoms with Crippen molar-refractivity contribution < 1.29 is 14.3 Å². The fraction of sp³-hybridized carbons (Fsp3) is 0.500. The largest absolute Gasteiger partial charge is 0.494 e. The van der Waals surface area contributed by atoms with Crippen molar-refractivity contribution in [1.82, 2.24) is 14.5 Å². The first kappa shape index (κ1) is 19.5. The lowest BCUT2D eigenvalue weighted by Gasteiger charge is -2.26. The zero-order valence-corrected chi connectivity index (χ0v) is 16.9. The van der Waals surface area contributed by atoms with E-state index in [9.17, 15) is 9.59 Å². The SMILES string of the molecule is CCOc1ccc(NC(=O)c2nc(C(=O)N3CCCCC3)c3n2CCCC3)cc1. The molecule has 7 nitrogen and oxygen atoms in total. The van der Waals surface area contributed by atoms with E-state index in [-0.39, 0.29) is 11.8 Å². The average molecular weight is 396 g/mol. The van der Waals surface area contributed by atoms with E-state index in [0.29, 0.717) is 23.8 Å². The van der Waals surface area contributed by atoms with Crippen molar-refractivity contribution in [1.29, 1.82) is 0 Å². The van der Waals surface area contributed by atoms with E-state index in [1.165, 1.54) is 6.42 Å². The summed E-state index contributed by atoms with van der Waals surface area (Å²) in [6, 6.07) is 7.27. The van der Waals surface area contributed by atoms with Gasteiger partial charge in [0, 0.05) is 25.3 Å². The number of likely N-dealkylation sites (tertiary alicyclic amines) is 1. The summed E-state index contributed by atoms with van der Waals surface area (Å²) in [5.74, 6) is 0.775. The van der Waals surface area contributed by atoms with E-state index < -0.39 is 0 Å². The Balaban J connectivity index is 1.57. The van der Waals surface area contributed by atoms with Gasteiger partial charge in [0.2, 0.25) is 0 Å². The minimum atomic E-state index is -0.282. The second-order valence-electron chi connectivity index (χ2n) is 7.60. The molecule has 0 aliphatic carbocycles. The molecule has 1 N–H and O–H groups in total. The molecule has 7 heteroatoms. The van der Waals surface area contributed by atoms with Gasteiger partial charge in [-0.05, 0) is 69.7 Å². The molecule has 0 unspecified atom stereocenters. The Morgan fingerprint density at radius 1 is 1.03 bits per heavy atom. The molecule has 0 bridgehead atoms. The van der Waals surface area contributed by atoms with Gasteiger partial charge >= 0.3 is 0 Å². The average Bonchev–Trinajstić information content (AvgIpc) is 3.15. The molecule has 4 rings (SSSR count). The standard InChI is InChI=1S/C22H28N4O3/c1-2-29-17-11-9-16(10-12-17)23-21(27)20-24-19(18-8-4-7-15-26(18)20)22(28)25-13-5-3-6-14-25/h9-12H,2-8,13-15H2,1H3,(H,23,27). The van der Waals surface area contributed by atoms with E-state index in [0.717, 1.165) is 63.2 Å². The molecule has 0 radical (unpaired) electrons. The molecule has 0 atom stereocenters. The van der Waals surface area contributed by atoms with Crippen molar-refractivity contribution in [3.8, 4) is 5.75 Å². The summed E-state index contributed by atoms with van der Waals surface area (Å²) in [4.78, 5) is 32.5. The Bertz CT molecular complexity index is 882. The Kier molecular flexibility index (Phi) is 5.83. The molecule has 29 heavy (non-hydrogen) atoms. The van der Waals surface area contributed by atoms with Gasteiger partial charge in [-0.2, -0.15) is 0 Å². The molecular weight excluding hydrogens is 368 g/mol. The fourth-order valence-corrected chi connectivity index (χ4v) is 4.12. The van der Waals surface area contributed by atoms with E-state index >= 15 is 0 Å². The number of ether oxygens (including phenoxy) is 1. The van der Waals surface area contributed by atoms with Crippen LogP contribution in [0.25, 0.3) is 0 Å². The predicted octanol–water partition coefficient (Wildman–Crippen LogP) is 3.50. The van der Waals surface area contributed by atoms with Crippen molar-refractivity contribution >= 4 is 17.5 Å². The lowest BCUT2D eigenvalue weighted by atomic mass is 10.1. The normalized spacial score (nSPS) is 16.2. The van der Waals surface area contributed by atoms with Crippen LogP contribution in [0, 0.1) is 0 Å². The minimum Gasteiger partial charge on any atom is -0.494 e. The summed E-state index contributed by atoms with van der Waals surface area (Å²) in [6.07, 6.45) is 6.04. The summed E-state index contributed by atoms with van der Waals surface area (Å²) in [5.41, 5.74) is 2.04. The highest BCUT2D eigenvalue weighted by atomic mass is 16.5. The highest BCUT2D eigenvalue weighted by molar-refractivity contribution is 6.03. The molecule has 1 aromatic carbocycles. The van der Waals surface area contributed by atoms with Gasteiger partial charge in [0.25, 0.3) is 11.8 Å². The molecule has 0 spiro atoms. The van der Waals surface area contributed by atoms with Crippen LogP contribution in [-0.4, -0.2) is 46.0 Å². The zero-order valence-electron chi connectivity index (χ0n) is 16.9. The first-order valence-corrected chi connectivity index (χ1v) is 10.6. The van der Waals surface area contributed by atoms with Crippen molar-refractivity contribution in [2.45, 2.75) is 52.0 Å². The number of imidazole rings is 1. The minimum absolute atomic E-state index is 0.0320. The highest BCUT2D eigenvalue weighted by Crippen LogP contribution is 2.24. The van der Waals surface area contributed by atoms with Crippen LogP contribution in [0.2, 0.25) is 0 Å². The van der Waals surface area contributed by atoms with Gasteiger partial charge in [0.1, 0.15) is 11.4 Å². The third kappa shape index (κ3) is 4.13. The third-order valence-electron chi connectivity index (χ3n) is 5.59. The molecule has 3 heterocycles. The topological polar surface area (TPSA) is 76.5 Å². The maximum absolute atomic E-state index is 13.1. The predicted molar refractivity (Wildman–Crippen MR) is 110 cm³/mol. The lowest BCUT2D eigenvalue weighted by Crippen LogP contribution is -2.36. The number of amides is 2. The van der Waals surface area contributed by atoms with Crippen LogP contribution in [-0.2, 0) is 13.0 Å². The molecule has 0 saturated carbocycles. The Labute approximate surface area is 171 Å². The number of carbonyl (C=O) groups is 2. The van der Waals surface area contributed by atoms with Crippen LogP contribution in [0.5, 0.6) is 5.75 Å². The highest BCUT2D eigenvalue weighted by Gasteiger charge is 2.30. The van der Waals surface area contributed by atoms with Crippen LogP contribution in [0.1, 0.15) is 65.8 Å². The number of hydrogen-bond acceptors (Lipinski definition) is 4. The van der Waals surface area contributed by atoms with Crippen molar-refractivity contribution in [3.63, 3.8) is 0 Å². The van der Waals surface area contributed by atoms with Gasteiger partial charge in [-0.15, -0.1) is 0 Å². The number of anilines is 1. The summed E-state index contributed by atoms with van der Waals surface area (Å²) < 4.78 is 7.38. The van der Waals surface area contributed by atoms with Gasteiger partial charge in [0.05, 0.1) is 12.3 Å². The van der Waals surface area contributed by atoms with Crippen LogP contribution in [0.15, 0.2) is 24.3 Å². The smallest absolute Gasteiger partial charge is 0.291 e. The molecular formula is C22H28N4O3. The zero-order chi connectivity index (χ0) is 20.2. The molecule has 2 aliphatic heterocycles. The number of benzene rings is 1. The number of rotatable bonds is 5. The molecule has 1 aromatic heterocycles.